The van der Waals surface area contributed by atoms with Gasteiger partial charge in [-0.05, 0) is 86.3 Å². The average molecular weight is 538 g/mol. The third-order valence-corrected chi connectivity index (χ3v) is 5.30. The van der Waals surface area contributed by atoms with Crippen LogP contribution < -0.4 is 9.47 Å². The van der Waals surface area contributed by atoms with Gasteiger partial charge in [-0.3, -0.25) is 0 Å². The van der Waals surface area contributed by atoms with Crippen LogP contribution in [-0.2, 0) is 11.3 Å². The fourth-order valence-corrected chi connectivity index (χ4v) is 4.29. The summed E-state index contributed by atoms with van der Waals surface area (Å²) in [5.74, 6) is -0.0707. The van der Waals surface area contributed by atoms with Gasteiger partial charge in [0, 0.05) is 0 Å². The van der Waals surface area contributed by atoms with Crippen molar-refractivity contribution < 1.29 is 23.4 Å². The minimum absolute atomic E-state index is 0.0213. The quantitative estimate of drug-likeness (QED) is 0.244. The molecule has 0 amide bonds. The number of hydrogen-bond donors (Lipinski definition) is 0. The van der Waals surface area contributed by atoms with Crippen LogP contribution in [-0.4, -0.2) is 19.2 Å². The number of benzene rings is 3. The minimum atomic E-state index is -0.469. The number of halogens is 3. The van der Waals surface area contributed by atoms with Gasteiger partial charge in [0.05, 0.1) is 14.5 Å². The van der Waals surface area contributed by atoms with Crippen molar-refractivity contribution in [2.75, 3.05) is 13.2 Å². The van der Waals surface area contributed by atoms with Gasteiger partial charge in [-0.25, -0.2) is 9.18 Å². The van der Waals surface area contributed by atoms with E-state index in [0.717, 1.165) is 25.8 Å². The summed E-state index contributed by atoms with van der Waals surface area (Å²) in [5.41, 5.74) is 2.44. The Labute approximate surface area is 191 Å². The molecule has 0 radical (unpaired) electrons. The Balaban J connectivity index is 1.48. The van der Waals surface area contributed by atoms with Gasteiger partial charge in [0.1, 0.15) is 25.6 Å². The topological polar surface area (TPSA) is 44.8 Å². The van der Waals surface area contributed by atoms with Crippen molar-refractivity contribution in [1.29, 1.82) is 0 Å². The van der Waals surface area contributed by atoms with Gasteiger partial charge in [0.25, 0.3) is 0 Å². The normalized spacial score (nSPS) is 10.5. The zero-order valence-electron chi connectivity index (χ0n) is 16.2. The Kier molecular flexibility index (Phi) is 7.87. The summed E-state index contributed by atoms with van der Waals surface area (Å²) in [5, 5.41) is 0. The summed E-state index contributed by atoms with van der Waals surface area (Å²) in [6.07, 6.45) is 0. The number of rotatable bonds is 8. The van der Waals surface area contributed by atoms with Crippen LogP contribution in [0.5, 0.6) is 11.5 Å². The average Bonchev–Trinajstić information content (AvgIpc) is 2.72. The number of hydrogen-bond acceptors (Lipinski definition) is 4. The molecule has 0 fully saturated rings. The van der Waals surface area contributed by atoms with Gasteiger partial charge >= 0.3 is 5.97 Å². The lowest BCUT2D eigenvalue weighted by molar-refractivity contribution is 0.0448. The van der Waals surface area contributed by atoms with Crippen molar-refractivity contribution in [3.05, 3.63) is 92.1 Å². The molecule has 0 heterocycles. The largest absolute Gasteiger partial charge is 0.487 e. The summed E-state index contributed by atoms with van der Waals surface area (Å²) in [6.45, 7) is 2.45. The molecule has 7 heteroatoms. The first-order chi connectivity index (χ1) is 14.4. The predicted molar refractivity (Wildman–Crippen MR) is 120 cm³/mol. The number of carbonyl (C=O) groups is 1. The molecule has 30 heavy (non-hydrogen) atoms. The standard InChI is InChI=1S/C23H19Br2FO4/c1-15-12-18(24)22(19(25)13-15)30-14-16-6-8-17(9-7-16)23(27)29-11-10-28-21-5-3-2-4-20(21)26/h2-9,12-13H,10-11,14H2,1H3. The lowest BCUT2D eigenvalue weighted by Crippen LogP contribution is -2.13. The van der Waals surface area contributed by atoms with E-state index in [9.17, 15) is 9.18 Å². The molecule has 156 valence electrons. The molecule has 0 aliphatic rings. The van der Waals surface area contributed by atoms with E-state index in [1.165, 1.54) is 12.1 Å². The molecule has 0 aliphatic heterocycles. The molecular weight excluding hydrogens is 519 g/mol. The summed E-state index contributed by atoms with van der Waals surface area (Å²) in [7, 11) is 0. The molecule has 3 rings (SSSR count). The van der Waals surface area contributed by atoms with Crippen LogP contribution in [0, 0.1) is 12.7 Å². The van der Waals surface area contributed by atoms with Crippen LogP contribution in [0.25, 0.3) is 0 Å². The second-order valence-electron chi connectivity index (χ2n) is 6.46. The van der Waals surface area contributed by atoms with Crippen LogP contribution in [0.2, 0.25) is 0 Å². The Hall–Kier alpha value is -2.38. The van der Waals surface area contributed by atoms with Crippen LogP contribution in [0.1, 0.15) is 21.5 Å². The smallest absolute Gasteiger partial charge is 0.338 e. The molecule has 0 aliphatic carbocycles. The Morgan fingerprint density at radius 1 is 0.933 bits per heavy atom. The van der Waals surface area contributed by atoms with Gasteiger partial charge in [0.15, 0.2) is 11.6 Å². The van der Waals surface area contributed by atoms with Crippen LogP contribution in [0.3, 0.4) is 0 Å². The highest BCUT2D eigenvalue weighted by Crippen LogP contribution is 2.35. The van der Waals surface area contributed by atoms with Gasteiger partial charge < -0.3 is 14.2 Å². The molecule has 4 nitrogen and oxygen atoms in total. The van der Waals surface area contributed by atoms with Crippen LogP contribution in [0.4, 0.5) is 4.39 Å². The first-order valence-electron chi connectivity index (χ1n) is 9.16. The predicted octanol–water partition coefficient (Wildman–Crippen LogP) is 6.47. The monoisotopic (exact) mass is 536 g/mol. The molecule has 0 aromatic heterocycles. The Bertz CT molecular complexity index is 999. The van der Waals surface area contributed by atoms with Crippen molar-refractivity contribution in [3.63, 3.8) is 0 Å². The molecule has 0 spiro atoms. The molecule has 0 atom stereocenters. The van der Waals surface area contributed by atoms with Gasteiger partial charge in [-0.1, -0.05) is 24.3 Å². The van der Waals surface area contributed by atoms with Crippen molar-refractivity contribution in [2.45, 2.75) is 13.5 Å². The molecule has 0 saturated carbocycles. The van der Waals surface area contributed by atoms with Crippen molar-refractivity contribution in [3.8, 4) is 11.5 Å². The Morgan fingerprint density at radius 2 is 1.60 bits per heavy atom. The maximum absolute atomic E-state index is 13.5. The summed E-state index contributed by atoms with van der Waals surface area (Å²) in [6, 6.07) is 17.0. The SMILES string of the molecule is Cc1cc(Br)c(OCc2ccc(C(=O)OCCOc3ccccc3F)cc2)c(Br)c1. The first kappa shape index (κ1) is 22.3. The van der Waals surface area contributed by atoms with E-state index in [2.05, 4.69) is 31.9 Å². The number of para-hydroxylation sites is 1. The zero-order chi connectivity index (χ0) is 21.5. The third kappa shape index (κ3) is 6.06. The second kappa shape index (κ2) is 10.6. The molecule has 0 unspecified atom stereocenters. The second-order valence-corrected chi connectivity index (χ2v) is 8.17. The van der Waals surface area contributed by atoms with Crippen molar-refractivity contribution in [2.24, 2.45) is 0 Å². The maximum atomic E-state index is 13.5. The van der Waals surface area contributed by atoms with Crippen LogP contribution >= 0.6 is 31.9 Å². The third-order valence-electron chi connectivity index (χ3n) is 4.13. The van der Waals surface area contributed by atoms with E-state index in [1.54, 1.807) is 24.3 Å². The van der Waals surface area contributed by atoms with E-state index < -0.39 is 11.8 Å². The van der Waals surface area contributed by atoms with Crippen molar-refractivity contribution >= 4 is 37.8 Å². The number of carbonyl (C=O) groups excluding carboxylic acids is 1. The molecule has 3 aromatic carbocycles. The number of aryl methyl sites for hydroxylation is 1. The van der Waals surface area contributed by atoms with Gasteiger partial charge in [-0.2, -0.15) is 0 Å². The van der Waals surface area contributed by atoms with E-state index in [4.69, 9.17) is 14.2 Å². The molecular formula is C23H19Br2FO4. The fraction of sp³-hybridized carbons (Fsp3) is 0.174. The lowest BCUT2D eigenvalue weighted by Gasteiger charge is -2.12. The molecule has 3 aromatic rings. The zero-order valence-corrected chi connectivity index (χ0v) is 19.3. The molecule has 0 saturated heterocycles. The first-order valence-corrected chi connectivity index (χ1v) is 10.7. The molecule has 0 bridgehead atoms. The van der Waals surface area contributed by atoms with Gasteiger partial charge in [-0.15, -0.1) is 0 Å². The summed E-state index contributed by atoms with van der Waals surface area (Å²) >= 11 is 7.01. The highest BCUT2D eigenvalue weighted by atomic mass is 79.9. The fourth-order valence-electron chi connectivity index (χ4n) is 2.65. The van der Waals surface area contributed by atoms with E-state index in [1.807, 2.05) is 31.2 Å². The molecule has 0 N–H and O–H groups in total. The maximum Gasteiger partial charge on any atom is 0.338 e. The number of ether oxygens (including phenoxy) is 3. The summed E-state index contributed by atoms with van der Waals surface area (Å²) in [4.78, 5) is 12.1. The lowest BCUT2D eigenvalue weighted by atomic mass is 10.1. The summed E-state index contributed by atoms with van der Waals surface area (Å²) < 4.78 is 31.5. The number of esters is 1. The minimum Gasteiger partial charge on any atom is -0.487 e. The van der Waals surface area contributed by atoms with Crippen LogP contribution in [0.15, 0.2) is 69.6 Å². The Morgan fingerprint density at radius 3 is 2.27 bits per heavy atom. The van der Waals surface area contributed by atoms with Crippen molar-refractivity contribution in [1.82, 2.24) is 0 Å². The van der Waals surface area contributed by atoms with E-state index in [-0.39, 0.29) is 19.0 Å². The highest BCUT2D eigenvalue weighted by Gasteiger charge is 2.10. The van der Waals surface area contributed by atoms with E-state index in [0.29, 0.717) is 12.2 Å². The highest BCUT2D eigenvalue weighted by molar-refractivity contribution is 9.11. The van der Waals surface area contributed by atoms with Gasteiger partial charge in [0.2, 0.25) is 0 Å². The van der Waals surface area contributed by atoms with E-state index >= 15 is 0 Å².